The summed E-state index contributed by atoms with van der Waals surface area (Å²) in [4.78, 5) is 59.0. The SMILES string of the molecule is N=C1N=CN=C2N([C@H]3C[C@H](O)[C@@H](CO)O3)C=NC12O[S+]=P(O)(O)OP(=O)(O)OP(=O)(O)O. The molecule has 180 valence electrons. The smallest absolute Gasteiger partial charge is 0.394 e. The molecule has 2 unspecified atom stereocenters. The molecule has 0 bridgehead atoms. The van der Waals surface area contributed by atoms with E-state index in [4.69, 9.17) is 24.1 Å². The van der Waals surface area contributed by atoms with Gasteiger partial charge in [-0.3, -0.25) is 20.1 Å². The summed E-state index contributed by atoms with van der Waals surface area (Å²) >= 11 is -0.372. The largest absolute Gasteiger partial charge is 0.571 e. The van der Waals surface area contributed by atoms with E-state index in [1.54, 1.807) is 0 Å². The van der Waals surface area contributed by atoms with E-state index in [0.29, 0.717) is 0 Å². The molecule has 3 heterocycles. The molecule has 0 radical (unpaired) electrons. The highest BCUT2D eigenvalue weighted by Crippen LogP contribution is 2.65. The Bertz CT molecular complexity index is 1020. The van der Waals surface area contributed by atoms with Gasteiger partial charge in [-0.15, -0.1) is 0 Å². The number of aliphatic hydroxyl groups is 2. The van der Waals surface area contributed by atoms with Crippen molar-refractivity contribution in [3.05, 3.63) is 0 Å². The quantitative estimate of drug-likeness (QED) is 0.0923. The van der Waals surface area contributed by atoms with E-state index in [1.807, 2.05) is 0 Å². The average Bonchev–Trinajstić information content (AvgIpc) is 3.18. The van der Waals surface area contributed by atoms with Crippen molar-refractivity contribution >= 4 is 57.9 Å². The molecule has 0 spiro atoms. The van der Waals surface area contributed by atoms with Gasteiger partial charge in [0.25, 0.3) is 0 Å². The van der Waals surface area contributed by atoms with Crippen molar-refractivity contribution in [2.24, 2.45) is 15.0 Å². The van der Waals surface area contributed by atoms with Crippen molar-refractivity contribution < 1.29 is 61.4 Å². The number of fused-ring (bicyclic) bond motifs is 1. The zero-order valence-corrected chi connectivity index (χ0v) is 18.9. The van der Waals surface area contributed by atoms with Gasteiger partial charge in [0.15, 0.2) is 11.7 Å². The molecule has 32 heavy (non-hydrogen) atoms. The lowest BCUT2D eigenvalue weighted by Crippen LogP contribution is -2.52. The second-order valence-electron chi connectivity index (χ2n) is 6.23. The molecular formula is C10H17N5O13P3S+. The Balaban J connectivity index is 1.83. The monoisotopic (exact) mass is 540 g/mol. The van der Waals surface area contributed by atoms with Crippen LogP contribution in [0.25, 0.3) is 0 Å². The van der Waals surface area contributed by atoms with Crippen molar-refractivity contribution in [1.82, 2.24) is 4.90 Å². The fraction of sp³-hybridized carbons (Fsp3) is 0.600. The van der Waals surface area contributed by atoms with Crippen LogP contribution in [0.3, 0.4) is 0 Å². The predicted molar refractivity (Wildman–Crippen MR) is 107 cm³/mol. The minimum atomic E-state index is -5.65. The molecule has 1 saturated heterocycles. The predicted octanol–water partition coefficient (Wildman–Crippen LogP) is -2.18. The minimum Gasteiger partial charge on any atom is -0.394 e. The minimum absolute atomic E-state index is 0.0113. The second-order valence-corrected chi connectivity index (χ2v) is 12.6. The third kappa shape index (κ3) is 5.61. The summed E-state index contributed by atoms with van der Waals surface area (Å²) in [5.74, 6) is -0.774. The second kappa shape index (κ2) is 9.07. The summed E-state index contributed by atoms with van der Waals surface area (Å²) in [5.41, 5.74) is -2.20. The van der Waals surface area contributed by atoms with Gasteiger partial charge in [0, 0.05) is 6.42 Å². The zero-order chi connectivity index (χ0) is 23.9. The number of rotatable bonds is 8. The van der Waals surface area contributed by atoms with Gasteiger partial charge in [0.1, 0.15) is 18.7 Å². The number of nitrogens with one attached hydrogen (secondary N) is 1. The highest BCUT2D eigenvalue weighted by Gasteiger charge is 2.58. The number of amidine groups is 2. The van der Waals surface area contributed by atoms with Crippen LogP contribution in [0.5, 0.6) is 0 Å². The first-order valence-electron chi connectivity index (χ1n) is 8.19. The van der Waals surface area contributed by atoms with Gasteiger partial charge >= 0.3 is 39.3 Å². The van der Waals surface area contributed by atoms with Crippen LogP contribution in [0, 0.1) is 5.41 Å². The topological polar surface area (TPSA) is 277 Å². The lowest BCUT2D eigenvalue weighted by molar-refractivity contribution is -0.0439. The normalized spacial score (nSPS) is 32.1. The first-order chi connectivity index (χ1) is 14.7. The number of aliphatic imine (C=N–C) groups is 3. The molecule has 0 aromatic rings. The van der Waals surface area contributed by atoms with Crippen LogP contribution in [0.1, 0.15) is 6.42 Å². The van der Waals surface area contributed by atoms with Crippen LogP contribution in [-0.2, 0) is 37.9 Å². The summed E-state index contributed by atoms with van der Waals surface area (Å²) in [5, 5.41) is 27.2. The first-order valence-corrected chi connectivity index (χ1v) is 14.2. The van der Waals surface area contributed by atoms with Crippen LogP contribution >= 0.6 is 22.4 Å². The van der Waals surface area contributed by atoms with Crippen molar-refractivity contribution in [3.8, 4) is 0 Å². The molecule has 18 nitrogen and oxygen atoms in total. The third-order valence-electron chi connectivity index (χ3n) is 3.97. The highest BCUT2D eigenvalue weighted by molar-refractivity contribution is 8.15. The molecule has 0 aromatic heterocycles. The summed E-state index contributed by atoms with van der Waals surface area (Å²) in [7, 11) is -11.2. The third-order valence-corrected chi connectivity index (χ3v) is 9.24. The van der Waals surface area contributed by atoms with Crippen LogP contribution in [-0.4, -0.2) is 94.7 Å². The Morgan fingerprint density at radius 2 is 1.97 bits per heavy atom. The summed E-state index contributed by atoms with van der Waals surface area (Å²) < 4.78 is 40.4. The lowest BCUT2D eigenvalue weighted by atomic mass is 10.1. The Kier molecular flexibility index (Phi) is 7.30. The lowest BCUT2D eigenvalue weighted by Gasteiger charge is -2.28. The van der Waals surface area contributed by atoms with Crippen molar-refractivity contribution in [3.63, 3.8) is 0 Å². The Hall–Kier alpha value is -0.850. The van der Waals surface area contributed by atoms with Gasteiger partial charge in [-0.1, -0.05) is 4.18 Å². The fourth-order valence-electron chi connectivity index (χ4n) is 2.74. The molecule has 22 heteroatoms. The summed E-state index contributed by atoms with van der Waals surface area (Å²) in [6.07, 6.45) is -0.734. The molecular weight excluding hydrogens is 523 g/mol. The van der Waals surface area contributed by atoms with Gasteiger partial charge in [-0.2, -0.15) is 8.62 Å². The van der Waals surface area contributed by atoms with E-state index < -0.39 is 59.0 Å². The molecule has 3 aliphatic heterocycles. The molecule has 5 atom stereocenters. The van der Waals surface area contributed by atoms with Crippen LogP contribution < -0.4 is 0 Å². The van der Waals surface area contributed by atoms with Gasteiger partial charge in [0.2, 0.25) is 0 Å². The molecule has 0 aromatic carbocycles. The number of phosphoric acid groups is 2. The van der Waals surface area contributed by atoms with Crippen LogP contribution in [0.4, 0.5) is 0 Å². The van der Waals surface area contributed by atoms with Gasteiger partial charge < -0.3 is 29.6 Å². The number of hydrogen-bond acceptors (Lipinski definition) is 12. The maximum Gasteiger partial charge on any atom is 0.571 e. The standard InChI is InChI=1S/C10H16N5O13P3S/c11-8-10(26-32-31(23,24)28-30(21,22)27-29(18,19)20)9(13-3-12-8)15(4-14-10)7-1-5(17)6(2-16)25-7/h3-7,11,16-17H,1-2H2,(H4-,18,19,20,21,22,23,24)/p+1/t5-,6+,7+,10?/m0/s1. The number of hydrogen-bond donors (Lipinski definition) is 8. The average molecular weight is 540 g/mol. The first kappa shape index (κ1) is 25.8. The molecule has 0 saturated carbocycles. The molecule has 0 amide bonds. The maximum atomic E-state index is 11.6. The van der Waals surface area contributed by atoms with Crippen molar-refractivity contribution in [1.29, 1.82) is 5.41 Å². The highest BCUT2D eigenvalue weighted by atomic mass is 32.5. The van der Waals surface area contributed by atoms with E-state index >= 15 is 0 Å². The fourth-order valence-corrected chi connectivity index (χ4v) is 7.41. The van der Waals surface area contributed by atoms with E-state index in [2.05, 4.69) is 23.6 Å². The Morgan fingerprint density at radius 3 is 2.56 bits per heavy atom. The zero-order valence-electron chi connectivity index (χ0n) is 15.4. The molecule has 3 aliphatic rings. The summed E-state index contributed by atoms with van der Waals surface area (Å²) in [6, 6.07) is 0. The van der Waals surface area contributed by atoms with Crippen LogP contribution in [0.15, 0.2) is 15.0 Å². The van der Waals surface area contributed by atoms with E-state index in [1.165, 1.54) is 4.90 Å². The van der Waals surface area contributed by atoms with Crippen molar-refractivity contribution in [2.45, 2.75) is 30.6 Å². The maximum absolute atomic E-state index is 11.6. The molecule has 1 fully saturated rings. The summed E-state index contributed by atoms with van der Waals surface area (Å²) in [6.45, 7) is -5.53. The Morgan fingerprint density at radius 1 is 1.28 bits per heavy atom. The van der Waals surface area contributed by atoms with Gasteiger partial charge in [-0.05, 0) is 0 Å². The molecule has 0 aliphatic carbocycles. The Labute approximate surface area is 182 Å². The van der Waals surface area contributed by atoms with Gasteiger partial charge in [-0.25, -0.2) is 24.1 Å². The molecule has 3 rings (SSSR count). The molecule has 8 N–H and O–H groups in total. The van der Waals surface area contributed by atoms with E-state index in [9.17, 15) is 34.0 Å². The van der Waals surface area contributed by atoms with Crippen molar-refractivity contribution in [2.75, 3.05) is 6.61 Å². The number of ether oxygens (including phenoxy) is 1. The number of aliphatic hydroxyl groups excluding tert-OH is 2. The van der Waals surface area contributed by atoms with Crippen LogP contribution in [0.2, 0.25) is 0 Å². The number of nitrogens with zero attached hydrogens (tertiary/aromatic N) is 4. The van der Waals surface area contributed by atoms with E-state index in [-0.39, 0.29) is 23.5 Å². The van der Waals surface area contributed by atoms with Gasteiger partial charge in [0.05, 0.1) is 19.0 Å². The van der Waals surface area contributed by atoms with E-state index in [0.717, 1.165) is 12.7 Å².